The normalized spacial score (nSPS) is 11.9. The molecule has 1 nitrogen and oxygen atoms in total. The fourth-order valence-electron chi connectivity index (χ4n) is 4.89. The van der Waals surface area contributed by atoms with Crippen LogP contribution in [-0.4, -0.2) is 0 Å². The largest absolute Gasteiger partial charge is 0.457 e. The summed E-state index contributed by atoms with van der Waals surface area (Å²) in [6.07, 6.45) is 0. The molecule has 5 aromatic carbocycles. The van der Waals surface area contributed by atoms with Gasteiger partial charge in [0, 0.05) is 17.0 Å². The highest BCUT2D eigenvalue weighted by atomic mass is 16.5. The molecular formula is C33H34O. The topological polar surface area (TPSA) is 9.23 Å². The average molecular weight is 447 g/mol. The van der Waals surface area contributed by atoms with Gasteiger partial charge in [0.2, 0.25) is 0 Å². The zero-order chi connectivity index (χ0) is 24.2. The highest BCUT2D eigenvalue weighted by Crippen LogP contribution is 2.52. The van der Waals surface area contributed by atoms with Crippen LogP contribution in [0.1, 0.15) is 61.4 Å². The maximum atomic E-state index is 6.53. The first-order chi connectivity index (χ1) is 16.7. The lowest BCUT2D eigenvalue weighted by atomic mass is 9.78. The van der Waals surface area contributed by atoms with Gasteiger partial charge in [-0.1, -0.05) is 118 Å². The van der Waals surface area contributed by atoms with Crippen molar-refractivity contribution in [3.63, 3.8) is 0 Å². The van der Waals surface area contributed by atoms with E-state index in [9.17, 15) is 0 Å². The van der Waals surface area contributed by atoms with Gasteiger partial charge in [-0.3, -0.25) is 0 Å². The van der Waals surface area contributed by atoms with Crippen LogP contribution in [0.2, 0.25) is 0 Å². The number of hydrogen-bond acceptors (Lipinski definition) is 1. The van der Waals surface area contributed by atoms with Crippen LogP contribution in [0.15, 0.2) is 91.0 Å². The fourth-order valence-corrected chi connectivity index (χ4v) is 4.89. The summed E-state index contributed by atoms with van der Waals surface area (Å²) in [7, 11) is 0. The van der Waals surface area contributed by atoms with Gasteiger partial charge in [0.15, 0.2) is 0 Å². The SMILES string of the molecule is CC.CC.Cc1ccc2ccc3c(c2c1)C(c1ccccc1)c1c(ccc2ccc(C)cc12)O3. The van der Waals surface area contributed by atoms with Gasteiger partial charge in [0.05, 0.1) is 0 Å². The molecule has 0 spiro atoms. The molecule has 5 aromatic rings. The predicted molar refractivity (Wildman–Crippen MR) is 148 cm³/mol. The minimum Gasteiger partial charge on any atom is -0.457 e. The summed E-state index contributed by atoms with van der Waals surface area (Å²) in [5.74, 6) is 2.05. The quantitative estimate of drug-likeness (QED) is 0.244. The van der Waals surface area contributed by atoms with Crippen molar-refractivity contribution >= 4 is 21.5 Å². The van der Waals surface area contributed by atoms with Crippen LogP contribution >= 0.6 is 0 Å². The third kappa shape index (κ3) is 4.07. The molecule has 34 heavy (non-hydrogen) atoms. The first kappa shape index (κ1) is 23.6. The molecule has 0 saturated carbocycles. The Morgan fingerprint density at radius 3 is 1.44 bits per heavy atom. The Hall–Kier alpha value is -3.58. The minimum atomic E-state index is 0.126. The smallest absolute Gasteiger partial charge is 0.132 e. The molecular weight excluding hydrogens is 412 g/mol. The van der Waals surface area contributed by atoms with Gasteiger partial charge in [-0.25, -0.2) is 0 Å². The third-order valence-corrected chi connectivity index (χ3v) is 6.29. The summed E-state index contributed by atoms with van der Waals surface area (Å²) in [6.45, 7) is 12.3. The fraction of sp³-hybridized carbons (Fsp3) is 0.212. The number of rotatable bonds is 1. The Morgan fingerprint density at radius 2 is 0.971 bits per heavy atom. The van der Waals surface area contributed by atoms with E-state index < -0.39 is 0 Å². The van der Waals surface area contributed by atoms with Crippen LogP contribution in [-0.2, 0) is 0 Å². The molecule has 1 aliphatic rings. The molecule has 0 atom stereocenters. The van der Waals surface area contributed by atoms with E-state index in [2.05, 4.69) is 105 Å². The molecule has 1 heterocycles. The number of ether oxygens (including phenoxy) is 1. The number of fused-ring (bicyclic) bond motifs is 6. The molecule has 0 saturated heterocycles. The number of benzene rings is 5. The third-order valence-electron chi connectivity index (χ3n) is 6.29. The van der Waals surface area contributed by atoms with Crippen LogP contribution < -0.4 is 4.74 Å². The summed E-state index contributed by atoms with van der Waals surface area (Å²) in [5.41, 5.74) is 6.36. The average Bonchev–Trinajstić information content (AvgIpc) is 2.90. The van der Waals surface area contributed by atoms with Gasteiger partial charge in [0.1, 0.15) is 11.5 Å². The second kappa shape index (κ2) is 10.1. The van der Waals surface area contributed by atoms with E-state index in [1.54, 1.807) is 0 Å². The van der Waals surface area contributed by atoms with Crippen molar-refractivity contribution < 1.29 is 4.74 Å². The lowest BCUT2D eigenvalue weighted by Crippen LogP contribution is -2.13. The molecule has 0 aliphatic carbocycles. The minimum absolute atomic E-state index is 0.126. The van der Waals surface area contributed by atoms with E-state index in [1.165, 1.54) is 49.4 Å². The maximum Gasteiger partial charge on any atom is 0.132 e. The second-order valence-corrected chi connectivity index (χ2v) is 8.35. The summed E-state index contributed by atoms with van der Waals surface area (Å²) >= 11 is 0. The standard InChI is InChI=1S/C29H22O.2C2H6/c1-18-8-10-20-12-14-25-28(23(20)16-18)27(22-6-4-3-5-7-22)29-24-17-19(2)9-11-21(24)13-15-26(29)30-25;2*1-2/h3-17,27H,1-2H3;2*1-2H3. The van der Waals surface area contributed by atoms with Crippen LogP contribution in [0.25, 0.3) is 21.5 Å². The van der Waals surface area contributed by atoms with Crippen molar-refractivity contribution in [1.82, 2.24) is 0 Å². The van der Waals surface area contributed by atoms with Crippen molar-refractivity contribution in [2.45, 2.75) is 47.5 Å². The van der Waals surface area contributed by atoms with E-state index >= 15 is 0 Å². The van der Waals surface area contributed by atoms with Gasteiger partial charge in [-0.15, -0.1) is 0 Å². The molecule has 172 valence electrons. The lowest BCUT2D eigenvalue weighted by Gasteiger charge is -2.31. The van der Waals surface area contributed by atoms with Crippen molar-refractivity contribution in [2.24, 2.45) is 0 Å². The second-order valence-electron chi connectivity index (χ2n) is 8.35. The van der Waals surface area contributed by atoms with Crippen LogP contribution in [0.3, 0.4) is 0 Å². The van der Waals surface area contributed by atoms with E-state index in [-0.39, 0.29) is 5.92 Å². The van der Waals surface area contributed by atoms with Gasteiger partial charge in [0.25, 0.3) is 0 Å². The maximum absolute atomic E-state index is 6.53. The molecule has 0 N–H and O–H groups in total. The molecule has 0 fully saturated rings. The molecule has 0 bridgehead atoms. The Morgan fingerprint density at radius 1 is 0.529 bits per heavy atom. The van der Waals surface area contributed by atoms with Crippen LogP contribution in [0.4, 0.5) is 0 Å². The Kier molecular flexibility index (Phi) is 7.03. The lowest BCUT2D eigenvalue weighted by molar-refractivity contribution is 0.456. The Labute approximate surface area is 204 Å². The first-order valence-corrected chi connectivity index (χ1v) is 12.5. The summed E-state index contributed by atoms with van der Waals surface area (Å²) < 4.78 is 6.53. The van der Waals surface area contributed by atoms with Gasteiger partial charge in [-0.05, 0) is 53.1 Å². The molecule has 1 aliphatic heterocycles. The monoisotopic (exact) mass is 446 g/mol. The molecule has 0 radical (unpaired) electrons. The summed E-state index contributed by atoms with van der Waals surface area (Å²) in [5, 5.41) is 5.06. The number of aryl methyl sites for hydroxylation is 2. The molecule has 0 aromatic heterocycles. The Balaban J connectivity index is 0.000000652. The van der Waals surface area contributed by atoms with E-state index in [1.807, 2.05) is 27.7 Å². The van der Waals surface area contributed by atoms with E-state index in [4.69, 9.17) is 4.74 Å². The van der Waals surface area contributed by atoms with Crippen molar-refractivity contribution in [3.8, 4) is 11.5 Å². The van der Waals surface area contributed by atoms with Crippen molar-refractivity contribution in [1.29, 1.82) is 0 Å². The van der Waals surface area contributed by atoms with Crippen molar-refractivity contribution in [2.75, 3.05) is 0 Å². The van der Waals surface area contributed by atoms with E-state index in [0.717, 1.165) is 11.5 Å². The summed E-state index contributed by atoms with van der Waals surface area (Å²) in [6, 6.07) is 32.9. The number of hydrogen-bond donors (Lipinski definition) is 0. The zero-order valence-electron chi connectivity index (χ0n) is 21.1. The van der Waals surface area contributed by atoms with Gasteiger partial charge in [-0.2, -0.15) is 0 Å². The predicted octanol–water partition coefficient (Wildman–Crippen LogP) is 9.95. The van der Waals surface area contributed by atoms with E-state index in [0.29, 0.717) is 0 Å². The van der Waals surface area contributed by atoms with Gasteiger partial charge < -0.3 is 4.74 Å². The molecule has 6 rings (SSSR count). The highest BCUT2D eigenvalue weighted by molar-refractivity contribution is 5.95. The Bertz CT molecular complexity index is 1340. The molecule has 0 amide bonds. The van der Waals surface area contributed by atoms with Crippen LogP contribution in [0, 0.1) is 13.8 Å². The van der Waals surface area contributed by atoms with Crippen LogP contribution in [0.5, 0.6) is 11.5 Å². The zero-order valence-corrected chi connectivity index (χ0v) is 21.1. The van der Waals surface area contributed by atoms with Gasteiger partial charge >= 0.3 is 0 Å². The highest BCUT2D eigenvalue weighted by Gasteiger charge is 2.32. The molecule has 0 unspecified atom stereocenters. The summed E-state index contributed by atoms with van der Waals surface area (Å²) in [4.78, 5) is 0. The van der Waals surface area contributed by atoms with Crippen molar-refractivity contribution in [3.05, 3.63) is 119 Å². The first-order valence-electron chi connectivity index (χ1n) is 12.5. The molecule has 1 heteroatoms.